The molecule has 80 heavy (non-hydrogen) atoms. The van der Waals surface area contributed by atoms with Crippen molar-refractivity contribution in [1.82, 2.24) is 0 Å². The number of aromatic carboxylic acids is 1. The lowest BCUT2D eigenvalue weighted by Gasteiger charge is -2.09. The van der Waals surface area contributed by atoms with E-state index >= 15 is 0 Å². The minimum absolute atomic E-state index is 0.0162. The second-order valence-electron chi connectivity index (χ2n) is 22.5. The highest BCUT2D eigenvalue weighted by atomic mass is 32.2. The average Bonchev–Trinajstić information content (AvgIpc) is 3.39. The van der Waals surface area contributed by atoms with Gasteiger partial charge in [0.1, 0.15) is 5.75 Å². The third-order valence-corrected chi connectivity index (χ3v) is 14.4. The summed E-state index contributed by atoms with van der Waals surface area (Å²) in [7, 11) is -4.22. The number of carboxylic acids is 1. The average molecular weight is 1140 g/mol. The molecule has 0 aliphatic heterocycles. The molecule has 0 atom stereocenters. The summed E-state index contributed by atoms with van der Waals surface area (Å²) in [5.74, 6) is -2.07. The van der Waals surface area contributed by atoms with Crippen LogP contribution in [0, 0.1) is 17.8 Å². The van der Waals surface area contributed by atoms with Gasteiger partial charge in [-0.3, -0.25) is 18.9 Å². The Hall–Kier alpha value is -5.35. The van der Waals surface area contributed by atoms with Crippen molar-refractivity contribution in [2.24, 2.45) is 17.8 Å². The van der Waals surface area contributed by atoms with Crippen molar-refractivity contribution in [2.45, 2.75) is 258 Å². The van der Waals surface area contributed by atoms with E-state index in [1.54, 1.807) is 0 Å². The molecular weight excluding hydrogens is 1040 g/mol. The third kappa shape index (κ3) is 38.3. The Balaban J connectivity index is 0.000000601. The zero-order valence-electron chi connectivity index (χ0n) is 49.5. The SMILES string of the molecule is CC(C)CCCCCCCCCCCC(=O)Oc1cc(C(=O)O)cc(O)c1O.CC(C)CCCCCCCCCCCC(=O)Oc1ccc(S(=O)(=O)O)cc1.CC(C)CCCCCCCCCCCC(=O)Oc1cccc(O)c1O. The molecule has 0 bridgehead atoms. The summed E-state index contributed by atoms with van der Waals surface area (Å²) >= 11 is 0. The Labute approximate surface area is 480 Å². The molecule has 16 heteroatoms. The van der Waals surface area contributed by atoms with Crippen LogP contribution in [0.4, 0.5) is 0 Å². The molecule has 0 amide bonds. The van der Waals surface area contributed by atoms with Gasteiger partial charge in [-0.1, -0.05) is 221 Å². The highest BCUT2D eigenvalue weighted by molar-refractivity contribution is 7.85. The summed E-state index contributed by atoms with van der Waals surface area (Å²) in [6.07, 6.45) is 36.7. The van der Waals surface area contributed by atoms with Gasteiger partial charge in [-0.2, -0.15) is 8.42 Å². The monoisotopic (exact) mass is 1140 g/mol. The molecule has 3 aromatic rings. The Bertz CT molecular complexity index is 2260. The lowest BCUT2D eigenvalue weighted by atomic mass is 10.0. The van der Waals surface area contributed by atoms with Gasteiger partial charge in [0.25, 0.3) is 10.1 Å². The van der Waals surface area contributed by atoms with Gasteiger partial charge in [0.2, 0.25) is 11.5 Å². The summed E-state index contributed by atoms with van der Waals surface area (Å²) in [6, 6.07) is 11.4. The smallest absolute Gasteiger partial charge is 0.335 e. The fourth-order valence-electron chi connectivity index (χ4n) is 8.78. The normalized spacial score (nSPS) is 11.2. The number of rotatable bonds is 41. The molecule has 0 saturated carbocycles. The maximum Gasteiger partial charge on any atom is 0.335 e. The van der Waals surface area contributed by atoms with Gasteiger partial charge in [0, 0.05) is 19.3 Å². The molecule has 0 spiro atoms. The third-order valence-electron chi connectivity index (χ3n) is 13.6. The molecule has 6 N–H and O–H groups in total. The number of unbranched alkanes of at least 4 members (excludes halogenated alkanes) is 24. The summed E-state index contributed by atoms with van der Waals surface area (Å²) < 4.78 is 46.1. The molecule has 0 radical (unpaired) electrons. The summed E-state index contributed by atoms with van der Waals surface area (Å²) in [5, 5.41) is 47.1. The molecule has 0 heterocycles. The van der Waals surface area contributed by atoms with Gasteiger partial charge in [0.15, 0.2) is 23.0 Å². The number of carbonyl (C=O) groups excluding carboxylic acids is 3. The number of para-hydroxylation sites is 1. The minimum Gasteiger partial charge on any atom is -0.504 e. The maximum atomic E-state index is 11.9. The van der Waals surface area contributed by atoms with Crippen LogP contribution in [0.5, 0.6) is 40.2 Å². The fourth-order valence-corrected chi connectivity index (χ4v) is 9.26. The van der Waals surface area contributed by atoms with E-state index in [1.165, 1.54) is 171 Å². The molecule has 0 saturated heterocycles. The van der Waals surface area contributed by atoms with Crippen molar-refractivity contribution in [3.05, 3.63) is 60.2 Å². The van der Waals surface area contributed by atoms with Crippen LogP contribution in [0.15, 0.2) is 59.5 Å². The number of esters is 3. The van der Waals surface area contributed by atoms with E-state index in [1.807, 2.05) is 0 Å². The standard InChI is InChI=1S/C22H34O6.C21H34O5S.C21H34O4/c1-16(2)12-10-8-6-4-3-5-7-9-11-13-20(24)28-19-15-17(22(26)27)14-18(23)21(19)25;1-18(2)12-10-8-6-4-3-5-7-9-11-13-21(22)26-19-14-16-20(17-15-19)27(23,24)25;1-17(2)13-10-8-6-4-3-5-7-9-11-16-20(23)25-19-15-12-14-18(22)21(19)24/h14-16,23,25H,3-13H2,1-2H3,(H,26,27);14-18H,3-13H2,1-2H3,(H,23,24,25);12,14-15,17,22,24H,3-11,13,16H2,1-2H3. The zero-order valence-corrected chi connectivity index (χ0v) is 50.3. The Kier molecular flexibility index (Phi) is 40.3. The summed E-state index contributed by atoms with van der Waals surface area (Å²) in [4.78, 5) is 46.2. The van der Waals surface area contributed by atoms with E-state index < -0.39 is 33.6 Å². The lowest BCUT2D eigenvalue weighted by molar-refractivity contribution is -0.135. The number of hydrogen-bond acceptors (Lipinski definition) is 13. The van der Waals surface area contributed by atoms with Crippen molar-refractivity contribution in [1.29, 1.82) is 0 Å². The van der Waals surface area contributed by atoms with Crippen LogP contribution in [0.1, 0.15) is 264 Å². The Morgan fingerprint density at radius 1 is 0.412 bits per heavy atom. The first-order valence-electron chi connectivity index (χ1n) is 30.1. The molecule has 454 valence electrons. The van der Waals surface area contributed by atoms with E-state index in [0.717, 1.165) is 87.7 Å². The number of carboxylic acid groups (broad SMARTS) is 1. The van der Waals surface area contributed by atoms with Crippen LogP contribution in [0.25, 0.3) is 0 Å². The molecular formula is C64H102O15S. The molecule has 15 nitrogen and oxygen atoms in total. The first-order chi connectivity index (χ1) is 38.1. The quantitative estimate of drug-likeness (QED) is 0.0102. The Morgan fingerprint density at radius 3 is 1.09 bits per heavy atom. The van der Waals surface area contributed by atoms with Crippen LogP contribution in [0.2, 0.25) is 0 Å². The van der Waals surface area contributed by atoms with Crippen molar-refractivity contribution >= 4 is 34.0 Å². The molecule has 0 aromatic heterocycles. The van der Waals surface area contributed by atoms with Gasteiger partial charge in [-0.25, -0.2) is 4.79 Å². The molecule has 0 unspecified atom stereocenters. The van der Waals surface area contributed by atoms with Crippen LogP contribution in [0.3, 0.4) is 0 Å². The molecule has 3 rings (SSSR count). The summed E-state index contributed by atoms with van der Waals surface area (Å²) in [5.41, 5.74) is -0.262. The predicted octanol–water partition coefficient (Wildman–Crippen LogP) is 17.4. The predicted molar refractivity (Wildman–Crippen MR) is 317 cm³/mol. The molecule has 0 fully saturated rings. The lowest BCUT2D eigenvalue weighted by Crippen LogP contribution is -2.08. The Morgan fingerprint density at radius 2 is 0.738 bits per heavy atom. The van der Waals surface area contributed by atoms with Gasteiger partial charge >= 0.3 is 23.9 Å². The number of benzene rings is 3. The number of phenolic OH excluding ortho intramolecular Hbond substituents is 4. The van der Waals surface area contributed by atoms with E-state index in [9.17, 15) is 48.0 Å². The fraction of sp³-hybridized carbons (Fsp3) is 0.656. The number of carbonyl (C=O) groups is 4. The highest BCUT2D eigenvalue weighted by Gasteiger charge is 2.18. The zero-order chi connectivity index (χ0) is 59.6. The number of hydrogen-bond donors (Lipinski definition) is 6. The van der Waals surface area contributed by atoms with E-state index in [4.69, 9.17) is 23.9 Å². The molecule has 3 aromatic carbocycles. The highest BCUT2D eigenvalue weighted by Crippen LogP contribution is 2.37. The van der Waals surface area contributed by atoms with Gasteiger partial charge in [0.05, 0.1) is 10.5 Å². The minimum atomic E-state index is -4.22. The summed E-state index contributed by atoms with van der Waals surface area (Å²) in [6.45, 7) is 13.6. The van der Waals surface area contributed by atoms with Crippen LogP contribution < -0.4 is 14.2 Å². The van der Waals surface area contributed by atoms with E-state index in [-0.39, 0.29) is 57.6 Å². The van der Waals surface area contributed by atoms with Crippen molar-refractivity contribution in [2.75, 3.05) is 0 Å². The van der Waals surface area contributed by atoms with Gasteiger partial charge in [-0.05, 0) is 85.5 Å². The largest absolute Gasteiger partial charge is 0.504 e. The van der Waals surface area contributed by atoms with E-state index in [2.05, 4.69) is 41.5 Å². The number of phenols is 4. The van der Waals surface area contributed by atoms with Crippen LogP contribution in [-0.2, 0) is 24.5 Å². The molecule has 0 aliphatic carbocycles. The maximum absolute atomic E-state index is 11.9. The van der Waals surface area contributed by atoms with E-state index in [0.29, 0.717) is 19.3 Å². The first kappa shape index (κ1) is 72.7. The van der Waals surface area contributed by atoms with Crippen molar-refractivity contribution < 1.29 is 71.9 Å². The molecule has 0 aliphatic rings. The number of aromatic hydroxyl groups is 4. The second-order valence-corrected chi connectivity index (χ2v) is 23.9. The number of ether oxygens (including phenoxy) is 3. The van der Waals surface area contributed by atoms with Crippen molar-refractivity contribution in [3.63, 3.8) is 0 Å². The van der Waals surface area contributed by atoms with Crippen molar-refractivity contribution in [3.8, 4) is 40.2 Å². The van der Waals surface area contributed by atoms with Gasteiger partial charge < -0.3 is 39.7 Å². The first-order valence-corrected chi connectivity index (χ1v) is 31.5. The van der Waals surface area contributed by atoms with Crippen LogP contribution >= 0.6 is 0 Å². The van der Waals surface area contributed by atoms with Gasteiger partial charge in [-0.15, -0.1) is 0 Å². The topological polar surface area (TPSA) is 251 Å². The second kappa shape index (κ2) is 44.3. The van der Waals surface area contributed by atoms with Crippen LogP contribution in [-0.4, -0.2) is 62.4 Å².